The third-order valence-corrected chi connectivity index (χ3v) is 2.74. The van der Waals surface area contributed by atoms with E-state index in [-0.39, 0.29) is 31.0 Å². The molecule has 3 heteroatoms. The van der Waals surface area contributed by atoms with Gasteiger partial charge in [-0.25, -0.2) is 0 Å². The molecule has 2 aromatic carbocycles. The van der Waals surface area contributed by atoms with Crippen molar-refractivity contribution in [3.8, 4) is 5.75 Å². The quantitative estimate of drug-likeness (QED) is 0.575. The molecular weight excluding hydrogens is 227 g/mol. The van der Waals surface area contributed by atoms with Gasteiger partial charge in [0.25, 0.3) is 0 Å². The second-order valence-corrected chi connectivity index (χ2v) is 3.96. The van der Waals surface area contributed by atoms with Gasteiger partial charge in [-0.05, 0) is 35.7 Å². The molecule has 0 saturated carbocycles. The second kappa shape index (κ2) is 6.36. The fraction of sp³-hybridized carbons (Fsp3) is 0.0769. The van der Waals surface area contributed by atoms with Crippen molar-refractivity contribution in [2.24, 2.45) is 0 Å². The molecule has 0 radical (unpaired) electrons. The summed E-state index contributed by atoms with van der Waals surface area (Å²) in [5.74, 6) is 0.290. The zero-order chi connectivity index (χ0) is 10.7. The Kier molecular flexibility index (Phi) is 5.42. The maximum Gasteiger partial charge on any atom is 1.00 e. The van der Waals surface area contributed by atoms with Gasteiger partial charge in [-0.1, -0.05) is 30.3 Å². The first-order chi connectivity index (χ1) is 7.25. The first kappa shape index (κ1) is 13.7. The summed E-state index contributed by atoms with van der Waals surface area (Å²) >= 11 is 4.36. The summed E-state index contributed by atoms with van der Waals surface area (Å²) in [5.41, 5.74) is 2.27. The van der Waals surface area contributed by atoms with E-state index in [4.69, 9.17) is 0 Å². The van der Waals surface area contributed by atoms with Crippen molar-refractivity contribution in [3.63, 3.8) is 0 Å². The second-order valence-electron chi connectivity index (χ2n) is 3.48. The van der Waals surface area contributed by atoms with E-state index >= 15 is 0 Å². The molecule has 0 amide bonds. The molecule has 0 aromatic heterocycles. The minimum absolute atomic E-state index is 0. The van der Waals surface area contributed by atoms with Gasteiger partial charge in [-0.15, -0.1) is 12.6 Å². The van der Waals surface area contributed by atoms with Crippen LogP contribution in [0.25, 0.3) is 0 Å². The minimum Gasteiger partial charge on any atom is -1.00 e. The van der Waals surface area contributed by atoms with Crippen molar-refractivity contribution in [2.45, 2.75) is 11.3 Å². The Morgan fingerprint density at radius 2 is 1.75 bits per heavy atom. The van der Waals surface area contributed by atoms with Crippen molar-refractivity contribution >= 4 is 12.6 Å². The molecule has 0 saturated heterocycles. The summed E-state index contributed by atoms with van der Waals surface area (Å²) < 4.78 is 0. The monoisotopic (exact) mass is 240 g/mol. The summed E-state index contributed by atoms with van der Waals surface area (Å²) in [7, 11) is 0. The molecule has 0 bridgehead atoms. The van der Waals surface area contributed by atoms with Crippen LogP contribution in [-0.4, -0.2) is 5.11 Å². The van der Waals surface area contributed by atoms with Crippen LogP contribution in [0.1, 0.15) is 12.6 Å². The van der Waals surface area contributed by atoms with E-state index in [1.807, 2.05) is 24.3 Å². The Morgan fingerprint density at radius 1 is 1.06 bits per heavy atom. The van der Waals surface area contributed by atoms with Crippen LogP contribution in [0.5, 0.6) is 5.75 Å². The number of phenolic OH excluding ortho intramolecular Hbond substituents is 1. The minimum atomic E-state index is 0. The number of phenols is 1. The predicted octanol–water partition coefficient (Wildman–Crippen LogP) is 0.388. The van der Waals surface area contributed by atoms with Gasteiger partial charge in [0, 0.05) is 4.90 Å². The van der Waals surface area contributed by atoms with Crippen LogP contribution < -0.4 is 29.6 Å². The molecule has 2 aromatic rings. The van der Waals surface area contributed by atoms with Crippen LogP contribution >= 0.6 is 12.6 Å². The third-order valence-electron chi connectivity index (χ3n) is 2.30. The van der Waals surface area contributed by atoms with Gasteiger partial charge in [-0.3, -0.25) is 0 Å². The Morgan fingerprint density at radius 3 is 2.44 bits per heavy atom. The van der Waals surface area contributed by atoms with Crippen LogP contribution in [0, 0.1) is 0 Å². The number of rotatable bonds is 2. The maximum absolute atomic E-state index is 9.38. The Hall–Kier alpha value is -0.410. The van der Waals surface area contributed by atoms with E-state index in [2.05, 4.69) is 24.8 Å². The van der Waals surface area contributed by atoms with E-state index in [1.165, 1.54) is 5.56 Å². The molecule has 0 aliphatic heterocycles. The van der Waals surface area contributed by atoms with Crippen molar-refractivity contribution in [1.29, 1.82) is 0 Å². The molecule has 1 N–H and O–H groups in total. The number of hydrogen-bond acceptors (Lipinski definition) is 2. The average molecular weight is 240 g/mol. The van der Waals surface area contributed by atoms with Gasteiger partial charge < -0.3 is 6.53 Å². The van der Waals surface area contributed by atoms with Crippen molar-refractivity contribution in [1.82, 2.24) is 0 Å². The van der Waals surface area contributed by atoms with Crippen LogP contribution in [0.4, 0.5) is 0 Å². The Bertz CT molecular complexity index is 462. The van der Waals surface area contributed by atoms with E-state index in [1.54, 1.807) is 12.1 Å². The largest absolute Gasteiger partial charge is 1.00 e. The first-order valence-electron chi connectivity index (χ1n) is 4.80. The van der Waals surface area contributed by atoms with Crippen LogP contribution in [-0.2, 0) is 6.42 Å². The standard InChI is InChI=1S/C13H12OS.Na.H/c14-12-6-7-13(15)11(9-12)8-10-4-2-1-3-5-10;;/h1-7,9,14-15H,8H2;;/q;+1;-1. The van der Waals surface area contributed by atoms with E-state index in [0.717, 1.165) is 16.9 Å². The van der Waals surface area contributed by atoms with Crippen LogP contribution in [0.3, 0.4) is 0 Å². The van der Waals surface area contributed by atoms with Gasteiger partial charge in [0.05, 0.1) is 0 Å². The smallest absolute Gasteiger partial charge is 1.00 e. The number of thiol groups is 1. The van der Waals surface area contributed by atoms with Gasteiger partial charge in [-0.2, -0.15) is 0 Å². The zero-order valence-electron chi connectivity index (χ0n) is 10.2. The van der Waals surface area contributed by atoms with Crippen molar-refractivity contribution in [3.05, 3.63) is 59.7 Å². The zero-order valence-corrected chi connectivity index (χ0v) is 12.1. The molecule has 0 aliphatic rings. The van der Waals surface area contributed by atoms with Gasteiger partial charge >= 0.3 is 29.6 Å². The first-order valence-corrected chi connectivity index (χ1v) is 5.25. The summed E-state index contributed by atoms with van der Waals surface area (Å²) in [5, 5.41) is 9.38. The third kappa shape index (κ3) is 3.56. The summed E-state index contributed by atoms with van der Waals surface area (Å²) in [6.45, 7) is 0. The van der Waals surface area contributed by atoms with Crippen LogP contribution in [0.2, 0.25) is 0 Å². The van der Waals surface area contributed by atoms with Crippen molar-refractivity contribution < 1.29 is 36.1 Å². The molecule has 0 atom stereocenters. The van der Waals surface area contributed by atoms with Gasteiger partial charge in [0.1, 0.15) is 5.75 Å². The van der Waals surface area contributed by atoms with Gasteiger partial charge in [0.2, 0.25) is 0 Å². The number of hydrogen-bond donors (Lipinski definition) is 2. The van der Waals surface area contributed by atoms with Gasteiger partial charge in [0.15, 0.2) is 0 Å². The van der Waals surface area contributed by atoms with E-state index in [9.17, 15) is 5.11 Å². The summed E-state index contributed by atoms with van der Waals surface area (Å²) in [6.07, 6.45) is 0.800. The molecule has 2 rings (SSSR count). The molecular formula is C13H13NaOS. The Balaban J connectivity index is 0.00000128. The van der Waals surface area contributed by atoms with E-state index < -0.39 is 0 Å². The summed E-state index contributed by atoms with van der Waals surface area (Å²) in [4.78, 5) is 0.914. The topological polar surface area (TPSA) is 20.2 Å². The van der Waals surface area contributed by atoms with E-state index in [0.29, 0.717) is 5.75 Å². The maximum atomic E-state index is 9.38. The summed E-state index contributed by atoms with van der Waals surface area (Å²) in [6, 6.07) is 15.4. The normalized spacial score (nSPS) is 9.56. The molecule has 0 fully saturated rings. The molecule has 0 unspecified atom stereocenters. The Labute approximate surface area is 125 Å². The fourth-order valence-corrected chi connectivity index (χ4v) is 1.75. The molecule has 0 aliphatic carbocycles. The molecule has 0 spiro atoms. The molecule has 0 heterocycles. The SMILES string of the molecule is Oc1ccc(S)c(Cc2ccccc2)c1.[H-].[Na+]. The molecule has 1 nitrogen and oxygen atoms in total. The van der Waals surface area contributed by atoms with Crippen molar-refractivity contribution in [2.75, 3.05) is 0 Å². The predicted molar refractivity (Wildman–Crippen MR) is 65.7 cm³/mol. The molecule has 16 heavy (non-hydrogen) atoms. The number of aromatic hydroxyl groups is 1. The van der Waals surface area contributed by atoms with Crippen LogP contribution in [0.15, 0.2) is 53.4 Å². The number of benzene rings is 2. The average Bonchev–Trinajstić information content (AvgIpc) is 2.25. The fourth-order valence-electron chi connectivity index (χ4n) is 1.53. The molecule has 78 valence electrons.